The van der Waals surface area contributed by atoms with Crippen LogP contribution in [0.25, 0.3) is 0 Å². The van der Waals surface area contributed by atoms with Gasteiger partial charge in [0.2, 0.25) is 5.91 Å². The number of nitriles is 1. The monoisotopic (exact) mass is 270 g/mol. The van der Waals surface area contributed by atoms with Crippen molar-refractivity contribution in [2.45, 2.75) is 26.3 Å². The number of nitrogens with zero attached hydrogens (tertiary/aromatic N) is 3. The maximum Gasteiger partial charge on any atom is 0.245 e. The number of aryl methyl sites for hydroxylation is 2. The highest BCUT2D eigenvalue weighted by molar-refractivity contribution is 5.85. The lowest BCUT2D eigenvalue weighted by molar-refractivity contribution is -0.121. The maximum atomic E-state index is 12.0. The van der Waals surface area contributed by atoms with Crippen LogP contribution in [0.1, 0.15) is 28.9 Å². The van der Waals surface area contributed by atoms with E-state index in [-0.39, 0.29) is 12.4 Å². The van der Waals surface area contributed by atoms with E-state index >= 15 is 0 Å². The number of hydrogen-bond donors (Lipinski definition) is 1. The molecule has 20 heavy (non-hydrogen) atoms. The molecule has 2 aromatic heterocycles. The van der Waals surface area contributed by atoms with Gasteiger partial charge in [-0.1, -0.05) is 0 Å². The zero-order valence-corrected chi connectivity index (χ0v) is 11.3. The summed E-state index contributed by atoms with van der Waals surface area (Å²) in [6.45, 7) is 3.83. The van der Waals surface area contributed by atoms with Crippen LogP contribution < -0.4 is 5.32 Å². The van der Waals surface area contributed by atoms with Gasteiger partial charge in [-0.3, -0.25) is 4.79 Å². The van der Waals surface area contributed by atoms with Gasteiger partial charge in [-0.2, -0.15) is 5.26 Å². The fourth-order valence-electron chi connectivity index (χ4n) is 1.81. The first-order valence-electron chi connectivity index (χ1n) is 6.12. The Morgan fingerprint density at radius 3 is 2.70 bits per heavy atom. The molecule has 1 amide bonds. The van der Waals surface area contributed by atoms with Crippen LogP contribution in [0.5, 0.6) is 0 Å². The third-order valence-electron chi connectivity index (χ3n) is 2.67. The Morgan fingerprint density at radius 1 is 1.45 bits per heavy atom. The van der Waals surface area contributed by atoms with Crippen LogP contribution in [0.2, 0.25) is 0 Å². The average Bonchev–Trinajstić information content (AvgIpc) is 2.89. The molecule has 0 aromatic carbocycles. The van der Waals surface area contributed by atoms with Crippen LogP contribution in [0.15, 0.2) is 28.9 Å². The number of aromatic nitrogens is 2. The summed E-state index contributed by atoms with van der Waals surface area (Å²) in [6.07, 6.45) is 1.52. The molecule has 6 nitrogen and oxygen atoms in total. The minimum atomic E-state index is -1.02. The van der Waals surface area contributed by atoms with E-state index in [4.69, 9.17) is 4.42 Å². The molecule has 1 N–H and O–H groups in total. The van der Waals surface area contributed by atoms with Crippen molar-refractivity contribution in [1.29, 1.82) is 5.26 Å². The molecule has 0 aliphatic rings. The first kappa shape index (κ1) is 13.7. The van der Waals surface area contributed by atoms with E-state index in [9.17, 15) is 10.1 Å². The van der Waals surface area contributed by atoms with Crippen molar-refractivity contribution in [3.63, 3.8) is 0 Å². The highest BCUT2D eigenvalue weighted by atomic mass is 16.3. The Morgan fingerprint density at radius 2 is 2.15 bits per heavy atom. The molecule has 0 unspecified atom stereocenters. The summed E-state index contributed by atoms with van der Waals surface area (Å²) in [5.41, 5.74) is 1.46. The molecule has 0 saturated heterocycles. The second-order valence-corrected chi connectivity index (χ2v) is 4.37. The van der Waals surface area contributed by atoms with Crippen LogP contribution >= 0.6 is 0 Å². The zero-order chi connectivity index (χ0) is 14.5. The number of rotatable bonds is 4. The quantitative estimate of drug-likeness (QED) is 0.911. The van der Waals surface area contributed by atoms with Gasteiger partial charge >= 0.3 is 0 Å². The minimum Gasteiger partial charge on any atom is -0.467 e. The van der Waals surface area contributed by atoms with Crippen LogP contribution in [0, 0.1) is 25.2 Å². The number of carbonyl (C=O) groups is 1. The van der Waals surface area contributed by atoms with E-state index in [2.05, 4.69) is 15.3 Å². The zero-order valence-electron chi connectivity index (χ0n) is 11.3. The largest absolute Gasteiger partial charge is 0.467 e. The number of furan rings is 1. The van der Waals surface area contributed by atoms with Gasteiger partial charge in [-0.15, -0.1) is 0 Å². The standard InChI is InChI=1S/C14H14N4O2/c1-9-6-10(2)18-13(17-9)12(7-15)14(19)16-8-11-4-3-5-20-11/h3-6,12H,8H2,1-2H3,(H,16,19)/t12-/m0/s1. The molecular formula is C14H14N4O2. The Hall–Kier alpha value is -2.68. The lowest BCUT2D eigenvalue weighted by Gasteiger charge is -2.09. The summed E-state index contributed by atoms with van der Waals surface area (Å²) in [5, 5.41) is 11.8. The Bertz CT molecular complexity index is 623. The Labute approximate surface area is 116 Å². The topological polar surface area (TPSA) is 91.8 Å². The van der Waals surface area contributed by atoms with E-state index < -0.39 is 11.8 Å². The van der Waals surface area contributed by atoms with Crippen LogP contribution in [-0.2, 0) is 11.3 Å². The van der Waals surface area contributed by atoms with Gasteiger partial charge in [0.05, 0.1) is 18.9 Å². The van der Waals surface area contributed by atoms with E-state index in [1.165, 1.54) is 6.26 Å². The van der Waals surface area contributed by atoms with Gasteiger partial charge in [-0.25, -0.2) is 9.97 Å². The molecular weight excluding hydrogens is 256 g/mol. The normalized spacial score (nSPS) is 11.7. The molecule has 0 aliphatic heterocycles. The molecule has 0 fully saturated rings. The highest BCUT2D eigenvalue weighted by Crippen LogP contribution is 2.12. The third kappa shape index (κ3) is 3.20. The summed E-state index contributed by atoms with van der Waals surface area (Å²) in [5.74, 6) is -0.615. The van der Waals surface area contributed by atoms with Crippen molar-refractivity contribution < 1.29 is 9.21 Å². The molecule has 102 valence electrons. The summed E-state index contributed by atoms with van der Waals surface area (Å²) in [4.78, 5) is 20.3. The van der Waals surface area contributed by atoms with Crippen molar-refractivity contribution in [2.24, 2.45) is 0 Å². The minimum absolute atomic E-state index is 0.224. The summed E-state index contributed by atoms with van der Waals surface area (Å²) in [6, 6.07) is 7.20. The van der Waals surface area contributed by atoms with Gasteiger partial charge in [0.25, 0.3) is 0 Å². The van der Waals surface area contributed by atoms with Gasteiger partial charge in [0, 0.05) is 11.4 Å². The molecule has 6 heteroatoms. The maximum absolute atomic E-state index is 12.0. The molecule has 0 saturated carbocycles. The summed E-state index contributed by atoms with van der Waals surface area (Å²) >= 11 is 0. The van der Waals surface area contributed by atoms with Gasteiger partial charge in [0.1, 0.15) is 5.76 Å². The molecule has 2 heterocycles. The summed E-state index contributed by atoms with van der Waals surface area (Å²) < 4.78 is 5.11. The smallest absolute Gasteiger partial charge is 0.245 e. The third-order valence-corrected chi connectivity index (χ3v) is 2.67. The second kappa shape index (κ2) is 5.97. The summed E-state index contributed by atoms with van der Waals surface area (Å²) in [7, 11) is 0. The Balaban J connectivity index is 2.11. The van der Waals surface area contributed by atoms with Gasteiger partial charge in [-0.05, 0) is 32.0 Å². The van der Waals surface area contributed by atoms with Crippen molar-refractivity contribution >= 4 is 5.91 Å². The van der Waals surface area contributed by atoms with E-state index in [0.29, 0.717) is 5.76 Å². The van der Waals surface area contributed by atoms with E-state index in [0.717, 1.165) is 11.4 Å². The van der Waals surface area contributed by atoms with Crippen LogP contribution in [0.3, 0.4) is 0 Å². The Kier molecular flexibility index (Phi) is 4.11. The lowest BCUT2D eigenvalue weighted by Crippen LogP contribution is -2.29. The molecule has 2 rings (SSSR count). The van der Waals surface area contributed by atoms with Gasteiger partial charge < -0.3 is 9.73 Å². The van der Waals surface area contributed by atoms with Crippen molar-refractivity contribution in [3.8, 4) is 6.07 Å². The van der Waals surface area contributed by atoms with Crippen LogP contribution in [0.4, 0.5) is 0 Å². The average molecular weight is 270 g/mol. The molecule has 0 radical (unpaired) electrons. The predicted octanol–water partition coefficient (Wildman–Crippen LogP) is 1.61. The van der Waals surface area contributed by atoms with Crippen molar-refractivity contribution in [1.82, 2.24) is 15.3 Å². The first-order valence-corrected chi connectivity index (χ1v) is 6.12. The molecule has 2 aromatic rings. The molecule has 0 spiro atoms. The number of amides is 1. The van der Waals surface area contributed by atoms with Crippen molar-refractivity contribution in [2.75, 3.05) is 0 Å². The van der Waals surface area contributed by atoms with E-state index in [1.54, 1.807) is 32.0 Å². The second-order valence-electron chi connectivity index (χ2n) is 4.37. The fourth-order valence-corrected chi connectivity index (χ4v) is 1.81. The first-order chi connectivity index (χ1) is 9.60. The number of hydrogen-bond acceptors (Lipinski definition) is 5. The van der Waals surface area contributed by atoms with Gasteiger partial charge in [0.15, 0.2) is 11.7 Å². The fraction of sp³-hybridized carbons (Fsp3) is 0.286. The molecule has 0 bridgehead atoms. The number of carbonyl (C=O) groups excluding carboxylic acids is 1. The van der Waals surface area contributed by atoms with Crippen LogP contribution in [-0.4, -0.2) is 15.9 Å². The molecule has 0 aliphatic carbocycles. The molecule has 1 atom stereocenters. The van der Waals surface area contributed by atoms with E-state index in [1.807, 2.05) is 6.07 Å². The highest BCUT2D eigenvalue weighted by Gasteiger charge is 2.23. The SMILES string of the molecule is Cc1cc(C)nc([C@H](C#N)C(=O)NCc2ccco2)n1. The van der Waals surface area contributed by atoms with Crippen molar-refractivity contribution in [3.05, 3.63) is 47.4 Å². The lowest BCUT2D eigenvalue weighted by atomic mass is 10.1. The predicted molar refractivity (Wildman–Crippen MR) is 70.4 cm³/mol. The number of nitrogens with one attached hydrogen (secondary N) is 1.